The predicted molar refractivity (Wildman–Crippen MR) is 83.9 cm³/mol. The Morgan fingerprint density at radius 3 is 1.91 bits per heavy atom. The second-order valence-electron chi connectivity index (χ2n) is 7.30. The lowest BCUT2D eigenvalue weighted by Gasteiger charge is -2.40. The number of amides is 1. The number of hydrogen-bond acceptors (Lipinski definition) is 5. The average molecular weight is 325 g/mol. The summed E-state index contributed by atoms with van der Waals surface area (Å²) in [7, 11) is 3.14. The molecule has 2 bridgehead atoms. The fourth-order valence-electron chi connectivity index (χ4n) is 4.23. The van der Waals surface area contributed by atoms with E-state index in [1.807, 2.05) is 20.8 Å². The summed E-state index contributed by atoms with van der Waals surface area (Å²) in [6.45, 7) is 7.11. The van der Waals surface area contributed by atoms with E-state index in [-0.39, 0.29) is 11.7 Å². The molecule has 130 valence electrons. The molecule has 2 fully saturated rings. The number of nitrogens with zero attached hydrogens (tertiary/aromatic N) is 1. The van der Waals surface area contributed by atoms with Crippen molar-refractivity contribution >= 4 is 17.5 Å². The summed E-state index contributed by atoms with van der Waals surface area (Å²) < 4.78 is 10.2. The highest BCUT2D eigenvalue weighted by atomic mass is 16.5. The van der Waals surface area contributed by atoms with Gasteiger partial charge in [-0.15, -0.1) is 0 Å². The van der Waals surface area contributed by atoms with Crippen LogP contribution in [-0.4, -0.2) is 62.9 Å². The van der Waals surface area contributed by atoms with Crippen molar-refractivity contribution in [3.63, 3.8) is 0 Å². The highest BCUT2D eigenvalue weighted by Gasteiger charge is 2.78. The van der Waals surface area contributed by atoms with E-state index in [0.717, 1.165) is 0 Å². The van der Waals surface area contributed by atoms with Crippen molar-refractivity contribution in [1.29, 1.82) is 0 Å². The molecule has 6 heteroatoms. The molecule has 6 nitrogen and oxygen atoms in total. The van der Waals surface area contributed by atoms with Gasteiger partial charge in [0.2, 0.25) is 17.5 Å². The molecule has 2 atom stereocenters. The molecule has 2 rings (SSSR count). The molecule has 2 aliphatic rings. The summed E-state index contributed by atoms with van der Waals surface area (Å²) in [6, 6.07) is 0. The summed E-state index contributed by atoms with van der Waals surface area (Å²) in [5.74, 6) is -1.15. The Hall–Kier alpha value is -1.27. The maximum Gasteiger partial charge on any atom is 0.237 e. The first-order chi connectivity index (χ1) is 10.7. The first-order valence-electron chi connectivity index (χ1n) is 8.07. The van der Waals surface area contributed by atoms with E-state index in [9.17, 15) is 14.4 Å². The highest BCUT2D eigenvalue weighted by molar-refractivity contribution is 6.48. The molecule has 2 saturated carbocycles. The quantitative estimate of drug-likeness (QED) is 0.517. The molecule has 23 heavy (non-hydrogen) atoms. The first-order valence-corrected chi connectivity index (χ1v) is 8.07. The molecule has 0 aromatic rings. The lowest BCUT2D eigenvalue weighted by atomic mass is 9.64. The van der Waals surface area contributed by atoms with Gasteiger partial charge in [-0.2, -0.15) is 0 Å². The van der Waals surface area contributed by atoms with E-state index in [0.29, 0.717) is 39.1 Å². The van der Waals surface area contributed by atoms with Gasteiger partial charge < -0.3 is 14.4 Å². The Balaban J connectivity index is 2.38. The van der Waals surface area contributed by atoms with Crippen molar-refractivity contribution in [2.45, 2.75) is 33.6 Å². The number of hydrogen-bond donors (Lipinski definition) is 0. The number of carbonyl (C=O) groups excluding carboxylic acids is 3. The van der Waals surface area contributed by atoms with E-state index in [1.54, 1.807) is 19.1 Å². The summed E-state index contributed by atoms with van der Waals surface area (Å²) in [4.78, 5) is 40.1. The van der Waals surface area contributed by atoms with Crippen LogP contribution in [0.15, 0.2) is 0 Å². The van der Waals surface area contributed by atoms with Gasteiger partial charge in [0.15, 0.2) is 0 Å². The van der Waals surface area contributed by atoms with Gasteiger partial charge in [-0.05, 0) is 18.3 Å². The monoisotopic (exact) mass is 325 g/mol. The molecule has 0 heterocycles. The topological polar surface area (TPSA) is 72.9 Å². The minimum Gasteiger partial charge on any atom is -0.383 e. The van der Waals surface area contributed by atoms with Crippen LogP contribution < -0.4 is 0 Å². The van der Waals surface area contributed by atoms with Gasteiger partial charge in [0.1, 0.15) is 5.41 Å². The molecule has 0 aromatic carbocycles. The summed E-state index contributed by atoms with van der Waals surface area (Å²) in [5.41, 5.74) is -2.65. The zero-order valence-corrected chi connectivity index (χ0v) is 14.7. The van der Waals surface area contributed by atoms with Gasteiger partial charge in [0.25, 0.3) is 0 Å². The standard InChI is InChI=1S/C17H27NO5/c1-15(2)16(3)6-7-17(15,13(20)12(16)19)14(21)18(8-10-22-4)9-11-23-5/h6-11H2,1-5H3. The van der Waals surface area contributed by atoms with Gasteiger partial charge in [0.05, 0.1) is 13.2 Å². The lowest BCUT2D eigenvalue weighted by Crippen LogP contribution is -2.53. The summed E-state index contributed by atoms with van der Waals surface area (Å²) >= 11 is 0. The molecule has 0 aromatic heterocycles. The second-order valence-corrected chi connectivity index (χ2v) is 7.30. The summed E-state index contributed by atoms with van der Waals surface area (Å²) in [6.07, 6.45) is 1.02. The van der Waals surface area contributed by atoms with Crippen molar-refractivity contribution in [3.8, 4) is 0 Å². The number of Topliss-reactive ketones (excluding diaryl/α,β-unsaturated/α-hetero) is 2. The second kappa shape index (κ2) is 5.98. The molecule has 2 unspecified atom stereocenters. The Morgan fingerprint density at radius 2 is 1.52 bits per heavy atom. The zero-order valence-electron chi connectivity index (χ0n) is 14.7. The maximum atomic E-state index is 13.3. The fraction of sp³-hybridized carbons (Fsp3) is 0.824. The number of methoxy groups -OCH3 is 2. The normalized spacial score (nSPS) is 31.7. The predicted octanol–water partition coefficient (Wildman–Crippen LogP) is 1.07. The van der Waals surface area contributed by atoms with E-state index < -0.39 is 22.0 Å². The van der Waals surface area contributed by atoms with E-state index >= 15 is 0 Å². The van der Waals surface area contributed by atoms with Crippen molar-refractivity contribution in [2.24, 2.45) is 16.2 Å². The smallest absolute Gasteiger partial charge is 0.237 e. The fourth-order valence-corrected chi connectivity index (χ4v) is 4.23. The van der Waals surface area contributed by atoms with Crippen LogP contribution in [0.25, 0.3) is 0 Å². The zero-order chi connectivity index (χ0) is 17.5. The molecule has 0 saturated heterocycles. The third-order valence-electron chi connectivity index (χ3n) is 6.32. The largest absolute Gasteiger partial charge is 0.383 e. The Bertz CT molecular complexity index is 521. The molecule has 0 N–H and O–H groups in total. The summed E-state index contributed by atoms with van der Waals surface area (Å²) in [5, 5.41) is 0. The third kappa shape index (κ3) is 2.18. The van der Waals surface area contributed by atoms with Crippen LogP contribution in [0.1, 0.15) is 33.6 Å². The molecule has 2 aliphatic carbocycles. The minimum absolute atomic E-state index is 0.254. The number of ketones is 2. The van der Waals surface area contributed by atoms with Crippen LogP contribution in [0.4, 0.5) is 0 Å². The van der Waals surface area contributed by atoms with Gasteiger partial charge in [-0.1, -0.05) is 20.8 Å². The molecule has 1 amide bonds. The van der Waals surface area contributed by atoms with Crippen LogP contribution in [-0.2, 0) is 23.9 Å². The van der Waals surface area contributed by atoms with Gasteiger partial charge in [0, 0.05) is 32.7 Å². The SMILES string of the molecule is COCCN(CCOC)C(=O)C12CCC(C)(C(=O)C1=O)C2(C)C. The van der Waals surface area contributed by atoms with E-state index in [4.69, 9.17) is 9.47 Å². The number of ether oxygens (including phenoxy) is 2. The Labute approximate surface area is 137 Å². The van der Waals surface area contributed by atoms with Crippen LogP contribution in [0.3, 0.4) is 0 Å². The van der Waals surface area contributed by atoms with Crippen LogP contribution in [0, 0.1) is 16.2 Å². The molecule has 0 aliphatic heterocycles. The van der Waals surface area contributed by atoms with Crippen molar-refractivity contribution in [2.75, 3.05) is 40.5 Å². The van der Waals surface area contributed by atoms with E-state index in [2.05, 4.69) is 0 Å². The Kier molecular flexibility index (Phi) is 4.70. The Morgan fingerprint density at radius 1 is 1.00 bits per heavy atom. The molecular formula is C17H27NO5. The number of carbonyl (C=O) groups is 3. The van der Waals surface area contributed by atoms with Gasteiger partial charge in [-0.25, -0.2) is 0 Å². The van der Waals surface area contributed by atoms with Crippen molar-refractivity contribution < 1.29 is 23.9 Å². The molecule has 0 spiro atoms. The molecule has 0 radical (unpaired) electrons. The first kappa shape index (κ1) is 18.1. The van der Waals surface area contributed by atoms with Gasteiger partial charge >= 0.3 is 0 Å². The number of fused-ring (bicyclic) bond motifs is 2. The number of rotatable bonds is 7. The maximum absolute atomic E-state index is 13.3. The van der Waals surface area contributed by atoms with Gasteiger partial charge in [-0.3, -0.25) is 14.4 Å². The minimum atomic E-state index is -1.24. The van der Waals surface area contributed by atoms with Crippen molar-refractivity contribution in [3.05, 3.63) is 0 Å². The van der Waals surface area contributed by atoms with Crippen LogP contribution >= 0.6 is 0 Å². The average Bonchev–Trinajstić information content (AvgIpc) is 2.79. The highest BCUT2D eigenvalue weighted by Crippen LogP contribution is 2.69. The van der Waals surface area contributed by atoms with Crippen LogP contribution in [0.5, 0.6) is 0 Å². The van der Waals surface area contributed by atoms with E-state index in [1.165, 1.54) is 0 Å². The van der Waals surface area contributed by atoms with Crippen molar-refractivity contribution in [1.82, 2.24) is 4.90 Å². The molecular weight excluding hydrogens is 298 g/mol. The van der Waals surface area contributed by atoms with Crippen LogP contribution in [0.2, 0.25) is 0 Å². The third-order valence-corrected chi connectivity index (χ3v) is 6.32. The lowest BCUT2D eigenvalue weighted by molar-refractivity contribution is -0.156.